The molecule has 1 fully saturated rings. The Bertz CT molecular complexity index is 1070. The van der Waals surface area contributed by atoms with E-state index in [2.05, 4.69) is 10.6 Å². The molecule has 2 N–H and O–H groups in total. The third kappa shape index (κ3) is 3.91. The van der Waals surface area contributed by atoms with E-state index in [0.29, 0.717) is 30.9 Å². The van der Waals surface area contributed by atoms with Gasteiger partial charge in [0.2, 0.25) is 10.0 Å². The second-order valence-electron chi connectivity index (χ2n) is 7.71. The monoisotopic (exact) mass is 451 g/mol. The maximum absolute atomic E-state index is 14.1. The van der Waals surface area contributed by atoms with E-state index in [-0.39, 0.29) is 21.8 Å². The van der Waals surface area contributed by atoms with Crippen molar-refractivity contribution in [3.8, 4) is 0 Å². The molecule has 0 bridgehead atoms. The highest BCUT2D eigenvalue weighted by Gasteiger charge is 2.50. The number of fused-ring (bicyclic) bond motifs is 1. The summed E-state index contributed by atoms with van der Waals surface area (Å²) in [5.41, 5.74) is 1.64. The summed E-state index contributed by atoms with van der Waals surface area (Å²) < 4.78 is 41.9. The van der Waals surface area contributed by atoms with Crippen molar-refractivity contribution in [1.29, 1.82) is 0 Å². The van der Waals surface area contributed by atoms with Gasteiger partial charge in [-0.3, -0.25) is 9.10 Å². The summed E-state index contributed by atoms with van der Waals surface area (Å²) in [4.78, 5) is 12.6. The number of sulfonamides is 1. The fourth-order valence-corrected chi connectivity index (χ4v) is 6.49. The minimum Gasteiger partial charge on any atom is -0.322 e. The van der Waals surface area contributed by atoms with Crippen molar-refractivity contribution < 1.29 is 17.6 Å². The zero-order valence-corrected chi connectivity index (χ0v) is 18.1. The standard InChI is InChI=1S/C21H23ClFN3O3S/c1-24-12-14-10-19(14)30(28,29)26-9-3-4-13-7-8-15(11-18(13)26)25-21(27)20-16(22)5-2-6-17(20)23/h2,5-8,11,14,19,24H,3-4,9-10,12H2,1H3,(H,25,27). The van der Waals surface area contributed by atoms with Crippen molar-refractivity contribution in [3.05, 3.63) is 58.4 Å². The molecule has 1 aliphatic heterocycles. The Morgan fingerprint density at radius 2 is 2.10 bits per heavy atom. The molecule has 0 saturated heterocycles. The molecule has 1 aliphatic carbocycles. The van der Waals surface area contributed by atoms with Gasteiger partial charge in [-0.05, 0) is 68.6 Å². The van der Waals surface area contributed by atoms with Gasteiger partial charge < -0.3 is 10.6 Å². The van der Waals surface area contributed by atoms with Crippen LogP contribution >= 0.6 is 11.6 Å². The Balaban J connectivity index is 1.61. The zero-order chi connectivity index (χ0) is 21.5. The van der Waals surface area contributed by atoms with Crippen LogP contribution < -0.4 is 14.9 Å². The Kier molecular flexibility index (Phi) is 5.74. The van der Waals surface area contributed by atoms with E-state index in [1.807, 2.05) is 13.1 Å². The van der Waals surface area contributed by atoms with E-state index >= 15 is 0 Å². The van der Waals surface area contributed by atoms with Gasteiger partial charge >= 0.3 is 0 Å². The highest BCUT2D eigenvalue weighted by Crippen LogP contribution is 2.42. The summed E-state index contributed by atoms with van der Waals surface area (Å²) >= 11 is 5.98. The molecule has 2 unspecified atom stereocenters. The van der Waals surface area contributed by atoms with Gasteiger partial charge in [-0.1, -0.05) is 23.7 Å². The van der Waals surface area contributed by atoms with Crippen LogP contribution in [0.3, 0.4) is 0 Å². The molecule has 1 amide bonds. The van der Waals surface area contributed by atoms with Crippen LogP contribution in [0.4, 0.5) is 15.8 Å². The van der Waals surface area contributed by atoms with Crippen LogP contribution in [0.15, 0.2) is 36.4 Å². The van der Waals surface area contributed by atoms with Crippen molar-refractivity contribution in [2.45, 2.75) is 24.5 Å². The van der Waals surface area contributed by atoms with E-state index < -0.39 is 21.7 Å². The maximum Gasteiger partial charge on any atom is 0.260 e. The van der Waals surface area contributed by atoms with Crippen LogP contribution in [0, 0.1) is 11.7 Å². The molecule has 1 saturated carbocycles. The lowest BCUT2D eigenvalue weighted by atomic mass is 10.0. The summed E-state index contributed by atoms with van der Waals surface area (Å²) in [6.07, 6.45) is 2.16. The molecule has 2 aromatic carbocycles. The molecule has 1 heterocycles. The molecule has 0 radical (unpaired) electrons. The lowest BCUT2D eigenvalue weighted by molar-refractivity contribution is 0.102. The number of amides is 1. The van der Waals surface area contributed by atoms with E-state index in [1.54, 1.807) is 12.1 Å². The number of carbonyl (C=O) groups is 1. The van der Waals surface area contributed by atoms with Crippen molar-refractivity contribution in [1.82, 2.24) is 5.32 Å². The van der Waals surface area contributed by atoms with Gasteiger partial charge in [0, 0.05) is 12.2 Å². The first-order valence-electron chi connectivity index (χ1n) is 9.87. The van der Waals surface area contributed by atoms with Gasteiger partial charge in [-0.25, -0.2) is 12.8 Å². The Labute approximate surface area is 180 Å². The van der Waals surface area contributed by atoms with Crippen molar-refractivity contribution in [2.24, 2.45) is 5.92 Å². The summed E-state index contributed by atoms with van der Waals surface area (Å²) in [5, 5.41) is 5.31. The molecule has 4 rings (SSSR count). The number of nitrogens with one attached hydrogen (secondary N) is 2. The normalized spacial score (nSPS) is 20.6. The van der Waals surface area contributed by atoms with Crippen LogP contribution in [0.1, 0.15) is 28.8 Å². The molecule has 2 atom stereocenters. The number of aryl methyl sites for hydroxylation is 1. The molecular formula is C21H23ClFN3O3S. The van der Waals surface area contributed by atoms with Gasteiger partial charge in [0.25, 0.3) is 5.91 Å². The number of rotatable bonds is 6. The number of hydrogen-bond acceptors (Lipinski definition) is 4. The molecule has 2 aromatic rings. The first kappa shape index (κ1) is 21.1. The van der Waals surface area contributed by atoms with Crippen molar-refractivity contribution in [3.63, 3.8) is 0 Å². The summed E-state index contributed by atoms with van der Waals surface area (Å²) in [6, 6.07) is 9.19. The second-order valence-corrected chi connectivity index (χ2v) is 10.2. The first-order valence-corrected chi connectivity index (χ1v) is 11.8. The Morgan fingerprint density at radius 3 is 2.83 bits per heavy atom. The average Bonchev–Trinajstić information content (AvgIpc) is 3.48. The molecule has 0 spiro atoms. The minimum atomic E-state index is -3.48. The summed E-state index contributed by atoms with van der Waals surface area (Å²) in [6.45, 7) is 1.08. The topological polar surface area (TPSA) is 78.5 Å². The Morgan fingerprint density at radius 1 is 1.30 bits per heavy atom. The van der Waals surface area contributed by atoms with E-state index in [1.165, 1.54) is 22.5 Å². The molecule has 2 aliphatic rings. The lowest BCUT2D eigenvalue weighted by Crippen LogP contribution is -2.38. The number of anilines is 2. The van der Waals surface area contributed by atoms with Gasteiger partial charge in [-0.15, -0.1) is 0 Å². The Hall–Kier alpha value is -2.16. The van der Waals surface area contributed by atoms with Crippen LogP contribution in [0.25, 0.3) is 0 Å². The maximum atomic E-state index is 14.1. The van der Waals surface area contributed by atoms with Gasteiger partial charge in [0.1, 0.15) is 5.82 Å². The van der Waals surface area contributed by atoms with Crippen LogP contribution in [-0.4, -0.2) is 39.7 Å². The predicted octanol–water partition coefficient (Wildman–Crippen LogP) is 3.42. The second kappa shape index (κ2) is 8.17. The van der Waals surface area contributed by atoms with Gasteiger partial charge in [0.15, 0.2) is 0 Å². The molecule has 160 valence electrons. The smallest absolute Gasteiger partial charge is 0.260 e. The quantitative estimate of drug-likeness (QED) is 0.705. The van der Waals surface area contributed by atoms with Crippen molar-refractivity contribution >= 4 is 38.9 Å². The van der Waals surface area contributed by atoms with E-state index in [0.717, 1.165) is 18.4 Å². The average molecular weight is 452 g/mol. The fraction of sp³-hybridized carbons (Fsp3) is 0.381. The largest absolute Gasteiger partial charge is 0.322 e. The first-order chi connectivity index (χ1) is 14.3. The highest BCUT2D eigenvalue weighted by atomic mass is 35.5. The molecule has 9 heteroatoms. The van der Waals surface area contributed by atoms with Crippen LogP contribution in [-0.2, 0) is 16.4 Å². The SMILES string of the molecule is CNCC1CC1S(=O)(=O)N1CCCc2ccc(NC(=O)c3c(F)cccc3Cl)cc21. The predicted molar refractivity (Wildman–Crippen MR) is 116 cm³/mol. The zero-order valence-electron chi connectivity index (χ0n) is 16.5. The van der Waals surface area contributed by atoms with Gasteiger partial charge in [0.05, 0.1) is 21.5 Å². The highest BCUT2D eigenvalue weighted by molar-refractivity contribution is 7.93. The minimum absolute atomic E-state index is 0.0129. The number of carbonyl (C=O) groups excluding carboxylic acids is 1. The number of nitrogens with zero attached hydrogens (tertiary/aromatic N) is 1. The van der Waals surface area contributed by atoms with E-state index in [4.69, 9.17) is 11.6 Å². The van der Waals surface area contributed by atoms with Crippen LogP contribution in [0.5, 0.6) is 0 Å². The molecule has 0 aromatic heterocycles. The van der Waals surface area contributed by atoms with E-state index in [9.17, 15) is 17.6 Å². The number of benzene rings is 2. The summed E-state index contributed by atoms with van der Waals surface area (Å²) in [5.74, 6) is -1.28. The van der Waals surface area contributed by atoms with Crippen molar-refractivity contribution in [2.75, 3.05) is 29.8 Å². The third-order valence-corrected chi connectivity index (χ3v) is 8.27. The number of halogens is 2. The van der Waals surface area contributed by atoms with Crippen LogP contribution in [0.2, 0.25) is 5.02 Å². The third-order valence-electron chi connectivity index (χ3n) is 5.62. The molecule has 30 heavy (non-hydrogen) atoms. The van der Waals surface area contributed by atoms with Gasteiger partial charge in [-0.2, -0.15) is 0 Å². The fourth-order valence-electron chi connectivity index (χ4n) is 4.02. The number of hydrogen-bond donors (Lipinski definition) is 2. The molecular weight excluding hydrogens is 429 g/mol. The lowest BCUT2D eigenvalue weighted by Gasteiger charge is -2.31. The summed E-state index contributed by atoms with van der Waals surface area (Å²) in [7, 11) is -1.67. The molecule has 6 nitrogen and oxygen atoms in total.